The van der Waals surface area contributed by atoms with Crippen LogP contribution in [0.2, 0.25) is 0 Å². The molecule has 3 N–H and O–H groups in total. The van der Waals surface area contributed by atoms with E-state index in [1.165, 1.54) is 0 Å². The molecule has 6 nitrogen and oxygen atoms in total. The van der Waals surface area contributed by atoms with Crippen molar-refractivity contribution in [2.45, 2.75) is 32.2 Å². The predicted molar refractivity (Wildman–Crippen MR) is 78.6 cm³/mol. The summed E-state index contributed by atoms with van der Waals surface area (Å²) in [5.74, 6) is 0.00669. The largest absolute Gasteiger partial charge is 0.349 e. The molecular weight excluding hydrogens is 254 g/mol. The summed E-state index contributed by atoms with van der Waals surface area (Å²) in [6, 6.07) is 0.265. The van der Waals surface area contributed by atoms with Crippen LogP contribution in [0.1, 0.15) is 35.8 Å². The number of piperidine rings is 1. The summed E-state index contributed by atoms with van der Waals surface area (Å²) in [6.45, 7) is 5.69. The Kier molecular flexibility index (Phi) is 5.14. The van der Waals surface area contributed by atoms with Crippen LogP contribution in [-0.4, -0.2) is 52.8 Å². The number of likely N-dealkylation sites (tertiary alicyclic amines) is 1. The first kappa shape index (κ1) is 15.0. The Balaban J connectivity index is 1.89. The molecule has 1 fully saturated rings. The van der Waals surface area contributed by atoms with Crippen LogP contribution in [0.25, 0.3) is 0 Å². The molecule has 2 rings (SSSR count). The van der Waals surface area contributed by atoms with Gasteiger partial charge < -0.3 is 16.0 Å². The highest BCUT2D eigenvalue weighted by molar-refractivity contribution is 5.95. The van der Waals surface area contributed by atoms with Crippen molar-refractivity contribution in [3.8, 4) is 0 Å². The molecule has 2 heterocycles. The van der Waals surface area contributed by atoms with Gasteiger partial charge in [-0.05, 0) is 19.3 Å². The number of nitrogens with two attached hydrogens (primary N) is 1. The molecule has 112 valence electrons. The molecule has 0 radical (unpaired) electrons. The summed E-state index contributed by atoms with van der Waals surface area (Å²) in [6.07, 6.45) is 4.57. The lowest BCUT2D eigenvalue weighted by Gasteiger charge is -2.31. The minimum atomic E-state index is 0.00669. The molecule has 1 aromatic rings. The van der Waals surface area contributed by atoms with Crippen molar-refractivity contribution in [1.82, 2.24) is 20.0 Å². The van der Waals surface area contributed by atoms with Gasteiger partial charge in [0.15, 0.2) is 0 Å². The second kappa shape index (κ2) is 6.85. The van der Waals surface area contributed by atoms with E-state index in [-0.39, 0.29) is 11.9 Å². The van der Waals surface area contributed by atoms with E-state index in [1.807, 2.05) is 14.0 Å². The first-order valence-electron chi connectivity index (χ1n) is 7.39. The van der Waals surface area contributed by atoms with Crippen molar-refractivity contribution in [2.75, 3.05) is 26.2 Å². The van der Waals surface area contributed by atoms with E-state index >= 15 is 0 Å². The highest BCUT2D eigenvalue weighted by Gasteiger charge is 2.22. The number of aryl methyl sites for hydroxylation is 2. The molecule has 0 spiro atoms. The molecule has 20 heavy (non-hydrogen) atoms. The van der Waals surface area contributed by atoms with Crippen molar-refractivity contribution in [2.24, 2.45) is 12.8 Å². The van der Waals surface area contributed by atoms with Gasteiger partial charge in [0.05, 0.1) is 11.3 Å². The standard InChI is InChI=1S/C14H25N5O/c1-3-13-12(10-18(2)17-13)14(20)16-11-4-7-19(8-5-11)9-6-15/h10-11H,3-9,15H2,1-2H3,(H,16,20). The van der Waals surface area contributed by atoms with Gasteiger partial charge in [0.1, 0.15) is 0 Å². The number of rotatable bonds is 5. The number of hydrogen-bond acceptors (Lipinski definition) is 4. The Morgan fingerprint density at radius 1 is 1.50 bits per heavy atom. The van der Waals surface area contributed by atoms with Gasteiger partial charge >= 0.3 is 0 Å². The van der Waals surface area contributed by atoms with Crippen molar-refractivity contribution < 1.29 is 4.79 Å². The van der Waals surface area contributed by atoms with Gasteiger partial charge in [-0.15, -0.1) is 0 Å². The lowest BCUT2D eigenvalue weighted by Crippen LogP contribution is -2.45. The molecule has 0 unspecified atom stereocenters. The summed E-state index contributed by atoms with van der Waals surface area (Å²) in [4.78, 5) is 14.7. The number of carbonyl (C=O) groups is 1. The number of nitrogens with one attached hydrogen (secondary N) is 1. The fraction of sp³-hybridized carbons (Fsp3) is 0.714. The third kappa shape index (κ3) is 3.58. The molecular formula is C14H25N5O. The first-order valence-corrected chi connectivity index (χ1v) is 7.39. The molecule has 1 aromatic heterocycles. The van der Waals surface area contributed by atoms with E-state index < -0.39 is 0 Å². The lowest BCUT2D eigenvalue weighted by molar-refractivity contribution is 0.0911. The summed E-state index contributed by atoms with van der Waals surface area (Å²) in [5, 5.41) is 7.45. The van der Waals surface area contributed by atoms with Crippen LogP contribution >= 0.6 is 0 Å². The lowest BCUT2D eigenvalue weighted by atomic mass is 10.0. The second-order valence-electron chi connectivity index (χ2n) is 5.39. The van der Waals surface area contributed by atoms with E-state index in [2.05, 4.69) is 15.3 Å². The van der Waals surface area contributed by atoms with Crippen LogP contribution in [0.4, 0.5) is 0 Å². The highest BCUT2D eigenvalue weighted by Crippen LogP contribution is 2.12. The van der Waals surface area contributed by atoms with E-state index in [1.54, 1.807) is 10.9 Å². The predicted octanol–water partition coefficient (Wildman–Crippen LogP) is 0.135. The van der Waals surface area contributed by atoms with Crippen LogP contribution in [0, 0.1) is 0 Å². The normalized spacial score (nSPS) is 17.4. The molecule has 6 heteroatoms. The van der Waals surface area contributed by atoms with Crippen molar-refractivity contribution >= 4 is 5.91 Å². The average molecular weight is 279 g/mol. The van der Waals surface area contributed by atoms with Crippen LogP contribution in [-0.2, 0) is 13.5 Å². The molecule has 1 aliphatic rings. The summed E-state index contributed by atoms with van der Waals surface area (Å²) < 4.78 is 1.71. The van der Waals surface area contributed by atoms with Gasteiger partial charge in [-0.2, -0.15) is 5.10 Å². The number of carbonyl (C=O) groups excluding carboxylic acids is 1. The molecule has 1 aliphatic heterocycles. The summed E-state index contributed by atoms with van der Waals surface area (Å²) in [5.41, 5.74) is 7.14. The molecule has 1 saturated heterocycles. The number of amides is 1. The Morgan fingerprint density at radius 2 is 2.20 bits per heavy atom. The van der Waals surface area contributed by atoms with Crippen molar-refractivity contribution in [1.29, 1.82) is 0 Å². The Bertz CT molecular complexity index is 448. The Morgan fingerprint density at radius 3 is 2.80 bits per heavy atom. The third-order valence-electron chi connectivity index (χ3n) is 3.85. The topological polar surface area (TPSA) is 76.2 Å². The monoisotopic (exact) mass is 279 g/mol. The van der Waals surface area contributed by atoms with Crippen molar-refractivity contribution in [3.63, 3.8) is 0 Å². The number of aromatic nitrogens is 2. The average Bonchev–Trinajstić information content (AvgIpc) is 2.82. The minimum Gasteiger partial charge on any atom is -0.349 e. The zero-order valence-electron chi connectivity index (χ0n) is 12.4. The van der Waals surface area contributed by atoms with Gasteiger partial charge in [-0.1, -0.05) is 6.92 Å². The second-order valence-corrected chi connectivity index (χ2v) is 5.39. The quantitative estimate of drug-likeness (QED) is 0.803. The maximum atomic E-state index is 12.3. The van der Waals surface area contributed by atoms with Crippen LogP contribution in [0.5, 0.6) is 0 Å². The van der Waals surface area contributed by atoms with Gasteiger partial charge in [-0.25, -0.2) is 0 Å². The fourth-order valence-electron chi connectivity index (χ4n) is 2.73. The zero-order chi connectivity index (χ0) is 14.5. The zero-order valence-corrected chi connectivity index (χ0v) is 12.4. The molecule has 0 aliphatic carbocycles. The van der Waals surface area contributed by atoms with Crippen LogP contribution in [0.3, 0.4) is 0 Å². The maximum absolute atomic E-state index is 12.3. The highest BCUT2D eigenvalue weighted by atomic mass is 16.1. The van der Waals surface area contributed by atoms with E-state index in [4.69, 9.17) is 5.73 Å². The SMILES string of the molecule is CCc1nn(C)cc1C(=O)NC1CCN(CCN)CC1. The molecule has 0 bridgehead atoms. The van der Waals surface area contributed by atoms with Gasteiger partial charge in [0.2, 0.25) is 0 Å². The Hall–Kier alpha value is -1.40. The summed E-state index contributed by atoms with van der Waals surface area (Å²) in [7, 11) is 1.85. The van der Waals surface area contributed by atoms with Crippen molar-refractivity contribution in [3.05, 3.63) is 17.5 Å². The van der Waals surface area contributed by atoms with E-state index in [0.29, 0.717) is 12.1 Å². The summed E-state index contributed by atoms with van der Waals surface area (Å²) >= 11 is 0. The maximum Gasteiger partial charge on any atom is 0.254 e. The molecule has 0 saturated carbocycles. The minimum absolute atomic E-state index is 0.00669. The molecule has 0 aromatic carbocycles. The van der Waals surface area contributed by atoms with Gasteiger partial charge in [-0.3, -0.25) is 9.48 Å². The molecule has 0 atom stereocenters. The van der Waals surface area contributed by atoms with E-state index in [9.17, 15) is 4.79 Å². The van der Waals surface area contributed by atoms with Crippen LogP contribution < -0.4 is 11.1 Å². The molecule has 1 amide bonds. The van der Waals surface area contributed by atoms with Gasteiger partial charge in [0, 0.05) is 45.5 Å². The number of hydrogen-bond donors (Lipinski definition) is 2. The van der Waals surface area contributed by atoms with E-state index in [0.717, 1.165) is 44.6 Å². The van der Waals surface area contributed by atoms with Gasteiger partial charge in [0.25, 0.3) is 5.91 Å². The fourth-order valence-corrected chi connectivity index (χ4v) is 2.73. The first-order chi connectivity index (χ1) is 9.63. The third-order valence-corrected chi connectivity index (χ3v) is 3.85. The van der Waals surface area contributed by atoms with Crippen LogP contribution in [0.15, 0.2) is 6.20 Å². The number of nitrogens with zero attached hydrogens (tertiary/aromatic N) is 3. The smallest absolute Gasteiger partial charge is 0.254 e. The Labute approximate surface area is 120 Å².